The summed E-state index contributed by atoms with van der Waals surface area (Å²) in [6, 6.07) is 11.0. The van der Waals surface area contributed by atoms with Crippen LogP contribution in [0.15, 0.2) is 40.8 Å². The van der Waals surface area contributed by atoms with Crippen LogP contribution in [0.1, 0.15) is 19.8 Å². The van der Waals surface area contributed by atoms with Gasteiger partial charge in [-0.1, -0.05) is 18.2 Å². The number of ether oxygens (including phenoxy) is 1. The fourth-order valence-corrected chi connectivity index (χ4v) is 5.68. The predicted octanol–water partition coefficient (Wildman–Crippen LogP) is 3.99. The predicted molar refractivity (Wildman–Crippen MR) is 110 cm³/mol. The van der Waals surface area contributed by atoms with Crippen LogP contribution in [0.5, 0.6) is 5.75 Å². The number of para-hydroxylation sites is 1. The Labute approximate surface area is 166 Å². The van der Waals surface area contributed by atoms with Gasteiger partial charge in [0.1, 0.15) is 23.0 Å². The van der Waals surface area contributed by atoms with Crippen molar-refractivity contribution in [3.8, 4) is 5.75 Å². The summed E-state index contributed by atoms with van der Waals surface area (Å²) < 4.78 is 11.4. The van der Waals surface area contributed by atoms with Gasteiger partial charge in [0.05, 0.1) is 17.7 Å². The van der Waals surface area contributed by atoms with E-state index in [0.717, 1.165) is 22.8 Å². The van der Waals surface area contributed by atoms with Gasteiger partial charge in [0, 0.05) is 29.0 Å². The molecule has 1 aromatic heterocycles. The molecule has 0 saturated carbocycles. The molecule has 0 unspecified atom stereocenters. The van der Waals surface area contributed by atoms with Crippen molar-refractivity contribution in [2.75, 3.05) is 18.2 Å². The first-order chi connectivity index (χ1) is 13.5. The van der Waals surface area contributed by atoms with Crippen molar-refractivity contribution >= 4 is 51.2 Å². The Balaban J connectivity index is 1.50. The first kappa shape index (κ1) is 17.4. The van der Waals surface area contributed by atoms with E-state index in [-0.39, 0.29) is 16.7 Å². The van der Waals surface area contributed by atoms with Crippen LogP contribution in [-0.2, 0) is 9.59 Å². The number of nitrogens with zero attached hydrogens (tertiary/aromatic N) is 1. The lowest BCUT2D eigenvalue weighted by molar-refractivity contribution is -0.135. The molecular weight excluding hydrogens is 376 g/mol. The number of carbonyl (C=O) groups excluding carboxylic acids is 2. The Kier molecular flexibility index (Phi) is 3.84. The molecule has 28 heavy (non-hydrogen) atoms. The maximum atomic E-state index is 13.0. The van der Waals surface area contributed by atoms with Crippen molar-refractivity contribution in [2.24, 2.45) is 0 Å². The highest BCUT2D eigenvalue weighted by Gasteiger charge is 2.52. The molecule has 0 radical (unpaired) electrons. The second-order valence-electron chi connectivity index (χ2n) is 7.40. The summed E-state index contributed by atoms with van der Waals surface area (Å²) in [5.41, 5.74) is 2.01. The molecule has 2 fully saturated rings. The highest BCUT2D eigenvalue weighted by atomic mass is 32.2. The zero-order valence-electron chi connectivity index (χ0n) is 15.7. The van der Waals surface area contributed by atoms with Gasteiger partial charge in [-0.3, -0.25) is 9.59 Å². The van der Waals surface area contributed by atoms with Crippen LogP contribution in [0, 0.1) is 0 Å². The van der Waals surface area contributed by atoms with Gasteiger partial charge in [-0.25, -0.2) is 0 Å². The van der Waals surface area contributed by atoms with E-state index < -0.39 is 6.04 Å². The second kappa shape index (κ2) is 6.17. The summed E-state index contributed by atoms with van der Waals surface area (Å²) in [5, 5.41) is 4.89. The van der Waals surface area contributed by atoms with Gasteiger partial charge in [-0.2, -0.15) is 0 Å². The van der Waals surface area contributed by atoms with Gasteiger partial charge in [-0.05, 0) is 25.5 Å². The van der Waals surface area contributed by atoms with E-state index in [0.29, 0.717) is 29.2 Å². The first-order valence-corrected chi connectivity index (χ1v) is 10.2. The lowest BCUT2D eigenvalue weighted by Crippen LogP contribution is -2.48. The molecule has 0 spiro atoms. The minimum Gasteiger partial charge on any atom is -0.495 e. The van der Waals surface area contributed by atoms with Crippen LogP contribution in [0.3, 0.4) is 0 Å². The summed E-state index contributed by atoms with van der Waals surface area (Å²) >= 11 is 1.68. The summed E-state index contributed by atoms with van der Waals surface area (Å²) in [4.78, 5) is 26.8. The molecule has 144 valence electrons. The minimum absolute atomic E-state index is 0.0485. The van der Waals surface area contributed by atoms with E-state index in [2.05, 4.69) is 5.32 Å². The molecule has 3 aromatic rings. The topological polar surface area (TPSA) is 71.8 Å². The van der Waals surface area contributed by atoms with Crippen molar-refractivity contribution in [1.29, 1.82) is 0 Å². The van der Waals surface area contributed by atoms with E-state index in [4.69, 9.17) is 9.15 Å². The Morgan fingerprint density at radius 2 is 2.11 bits per heavy atom. The Bertz CT molecular complexity index is 1120. The number of hydrogen-bond acceptors (Lipinski definition) is 5. The molecule has 0 bridgehead atoms. The normalized spacial score (nSPS) is 24.1. The first-order valence-electron chi connectivity index (χ1n) is 9.26. The minimum atomic E-state index is -0.471. The highest BCUT2D eigenvalue weighted by molar-refractivity contribution is 8.01. The zero-order valence-corrected chi connectivity index (χ0v) is 16.5. The molecule has 2 aliphatic rings. The van der Waals surface area contributed by atoms with E-state index >= 15 is 0 Å². The standard InChI is InChI=1S/C21H20N2O4S/c1-21-8-7-19(24)23(21)15(11-28-21)20(25)22-14-10-17-13(9-18(14)26-2)12-5-3-4-6-16(12)27-17/h3-6,9-10,15H,7-8,11H2,1-2H3,(H,22,25)/t15-,21+/m0/s1. The Hall–Kier alpha value is -2.67. The number of furan rings is 1. The summed E-state index contributed by atoms with van der Waals surface area (Å²) in [5.74, 6) is 1.02. The molecular formula is C21H20N2O4S. The van der Waals surface area contributed by atoms with Crippen LogP contribution in [0.4, 0.5) is 5.69 Å². The maximum Gasteiger partial charge on any atom is 0.248 e. The van der Waals surface area contributed by atoms with Crippen LogP contribution >= 0.6 is 11.8 Å². The van der Waals surface area contributed by atoms with Crippen molar-refractivity contribution < 1.29 is 18.7 Å². The number of carbonyl (C=O) groups is 2. The molecule has 6 nitrogen and oxygen atoms in total. The molecule has 1 N–H and O–H groups in total. The van der Waals surface area contributed by atoms with Crippen LogP contribution in [-0.4, -0.2) is 40.5 Å². The number of rotatable bonds is 3. The maximum absolute atomic E-state index is 13.0. The monoisotopic (exact) mass is 396 g/mol. The van der Waals surface area contributed by atoms with Crippen molar-refractivity contribution in [1.82, 2.24) is 4.90 Å². The van der Waals surface area contributed by atoms with Gasteiger partial charge in [-0.15, -0.1) is 11.8 Å². The van der Waals surface area contributed by atoms with Gasteiger partial charge >= 0.3 is 0 Å². The largest absolute Gasteiger partial charge is 0.495 e. The van der Waals surface area contributed by atoms with Gasteiger partial charge in [0.2, 0.25) is 11.8 Å². The molecule has 2 saturated heterocycles. The van der Waals surface area contributed by atoms with Crippen LogP contribution in [0.2, 0.25) is 0 Å². The molecule has 7 heteroatoms. The summed E-state index contributed by atoms with van der Waals surface area (Å²) in [7, 11) is 1.57. The van der Waals surface area contributed by atoms with E-state index in [1.54, 1.807) is 29.8 Å². The molecule has 2 aromatic carbocycles. The number of fused-ring (bicyclic) bond motifs is 4. The second-order valence-corrected chi connectivity index (χ2v) is 8.90. The highest BCUT2D eigenvalue weighted by Crippen LogP contribution is 2.47. The third kappa shape index (κ3) is 2.49. The zero-order chi connectivity index (χ0) is 19.5. The number of anilines is 1. The van der Waals surface area contributed by atoms with Crippen LogP contribution < -0.4 is 10.1 Å². The number of methoxy groups -OCH3 is 1. The number of hydrogen-bond donors (Lipinski definition) is 1. The van der Waals surface area contributed by atoms with Crippen molar-refractivity contribution in [2.45, 2.75) is 30.7 Å². The molecule has 0 aliphatic carbocycles. The fourth-order valence-electron chi connectivity index (χ4n) is 4.25. The quantitative estimate of drug-likeness (QED) is 0.725. The molecule has 2 atom stereocenters. The lowest BCUT2D eigenvalue weighted by Gasteiger charge is -2.29. The molecule has 2 amide bonds. The Morgan fingerprint density at radius 3 is 2.93 bits per heavy atom. The fraction of sp³-hybridized carbons (Fsp3) is 0.333. The lowest BCUT2D eigenvalue weighted by atomic mass is 10.1. The number of benzene rings is 2. The number of nitrogens with one attached hydrogen (secondary N) is 1. The van der Waals surface area contributed by atoms with Gasteiger partial charge in [0.15, 0.2) is 0 Å². The third-order valence-electron chi connectivity index (χ3n) is 5.70. The third-order valence-corrected chi connectivity index (χ3v) is 7.21. The molecule has 3 heterocycles. The summed E-state index contributed by atoms with van der Waals surface area (Å²) in [6.07, 6.45) is 1.29. The molecule has 2 aliphatic heterocycles. The Morgan fingerprint density at radius 1 is 1.29 bits per heavy atom. The SMILES string of the molecule is COc1cc2c(cc1NC(=O)[C@@H]1CS[C@]3(C)CCC(=O)N13)oc1ccccc12. The van der Waals surface area contributed by atoms with Gasteiger partial charge < -0.3 is 19.4 Å². The number of amides is 2. The average molecular weight is 396 g/mol. The van der Waals surface area contributed by atoms with Crippen LogP contribution in [0.25, 0.3) is 21.9 Å². The smallest absolute Gasteiger partial charge is 0.248 e. The van der Waals surface area contributed by atoms with Gasteiger partial charge in [0.25, 0.3) is 0 Å². The molecule has 5 rings (SSSR count). The van der Waals surface area contributed by atoms with E-state index in [1.165, 1.54) is 0 Å². The van der Waals surface area contributed by atoms with E-state index in [1.807, 2.05) is 37.3 Å². The van der Waals surface area contributed by atoms with E-state index in [9.17, 15) is 9.59 Å². The number of thioether (sulfide) groups is 1. The van der Waals surface area contributed by atoms with Crippen molar-refractivity contribution in [3.05, 3.63) is 36.4 Å². The van der Waals surface area contributed by atoms with Crippen molar-refractivity contribution in [3.63, 3.8) is 0 Å². The summed E-state index contributed by atoms with van der Waals surface area (Å²) in [6.45, 7) is 2.04. The average Bonchev–Trinajstić information content (AvgIpc) is 3.31.